The van der Waals surface area contributed by atoms with Crippen molar-refractivity contribution in [3.05, 3.63) is 94.8 Å². The zero-order chi connectivity index (χ0) is 23.9. The van der Waals surface area contributed by atoms with Gasteiger partial charge >= 0.3 is 0 Å². The van der Waals surface area contributed by atoms with Crippen molar-refractivity contribution in [1.29, 1.82) is 0 Å². The molecule has 1 aliphatic heterocycles. The lowest BCUT2D eigenvalue weighted by Crippen LogP contribution is -2.34. The van der Waals surface area contributed by atoms with Crippen molar-refractivity contribution < 1.29 is 8.78 Å². The molecule has 1 aliphatic carbocycles. The molecular weight excluding hydrogens is 444 g/mol. The van der Waals surface area contributed by atoms with Crippen molar-refractivity contribution >= 4 is 17.5 Å². The van der Waals surface area contributed by atoms with Gasteiger partial charge in [0.15, 0.2) is 0 Å². The first-order chi connectivity index (χ1) is 17.0. The highest BCUT2D eigenvalue weighted by molar-refractivity contribution is 5.91. The van der Waals surface area contributed by atoms with E-state index in [9.17, 15) is 8.78 Å². The van der Waals surface area contributed by atoms with E-state index >= 15 is 0 Å². The molecule has 0 radical (unpaired) electrons. The third kappa shape index (κ3) is 4.11. The Kier molecular flexibility index (Phi) is 5.40. The number of aromatic amines is 1. The van der Waals surface area contributed by atoms with Crippen LogP contribution < -0.4 is 4.90 Å². The van der Waals surface area contributed by atoms with Crippen LogP contribution in [0.2, 0.25) is 0 Å². The number of hydrogen-bond donors (Lipinski definition) is 1. The van der Waals surface area contributed by atoms with Crippen LogP contribution in [0.4, 0.5) is 14.6 Å². The second-order valence-electron chi connectivity index (χ2n) is 9.27. The van der Waals surface area contributed by atoms with Gasteiger partial charge in [-0.3, -0.25) is 0 Å². The minimum Gasteiger partial charge on any atom is -0.356 e. The monoisotopic (exact) mass is 469 g/mol. The number of fused-ring (bicyclic) bond motifs is 1. The van der Waals surface area contributed by atoms with Crippen LogP contribution in [0, 0.1) is 18.6 Å². The smallest absolute Gasteiger partial charge is 0.139 e. The summed E-state index contributed by atoms with van der Waals surface area (Å²) in [6, 6.07) is 13.1. The molecular formula is C28H25F2N5. The van der Waals surface area contributed by atoms with E-state index in [1.807, 2.05) is 19.1 Å². The molecule has 176 valence electrons. The van der Waals surface area contributed by atoms with Crippen LogP contribution in [-0.4, -0.2) is 33.0 Å². The number of benzene rings is 2. The molecule has 4 aromatic rings. The van der Waals surface area contributed by atoms with Crippen molar-refractivity contribution in [2.75, 3.05) is 18.0 Å². The van der Waals surface area contributed by atoms with Crippen LogP contribution in [0.3, 0.4) is 0 Å². The Balaban J connectivity index is 1.19. The molecule has 1 fully saturated rings. The molecule has 1 N–H and O–H groups in total. The quantitative estimate of drug-likeness (QED) is 0.402. The number of allylic oxidation sites excluding steroid dienone is 1. The molecule has 0 amide bonds. The van der Waals surface area contributed by atoms with Gasteiger partial charge in [0, 0.05) is 42.2 Å². The average molecular weight is 470 g/mol. The van der Waals surface area contributed by atoms with E-state index in [2.05, 4.69) is 25.9 Å². The molecule has 0 atom stereocenters. The number of imidazole rings is 1. The summed E-state index contributed by atoms with van der Waals surface area (Å²) in [7, 11) is 0. The van der Waals surface area contributed by atoms with Gasteiger partial charge in [0.2, 0.25) is 0 Å². The Morgan fingerprint density at radius 1 is 0.886 bits per heavy atom. The first kappa shape index (κ1) is 21.6. The molecule has 0 unspecified atom stereocenters. The molecule has 0 bridgehead atoms. The van der Waals surface area contributed by atoms with Gasteiger partial charge in [-0.2, -0.15) is 0 Å². The number of anilines is 1. The van der Waals surface area contributed by atoms with Gasteiger partial charge in [0.1, 0.15) is 29.6 Å². The maximum absolute atomic E-state index is 13.4. The van der Waals surface area contributed by atoms with Crippen LogP contribution in [0.5, 0.6) is 0 Å². The highest BCUT2D eigenvalue weighted by Crippen LogP contribution is 2.37. The van der Waals surface area contributed by atoms with Gasteiger partial charge in [-0.25, -0.2) is 23.7 Å². The number of aryl methyl sites for hydroxylation is 1. The van der Waals surface area contributed by atoms with E-state index < -0.39 is 0 Å². The van der Waals surface area contributed by atoms with E-state index in [0.29, 0.717) is 5.92 Å². The van der Waals surface area contributed by atoms with Crippen LogP contribution in [0.15, 0.2) is 54.9 Å². The summed E-state index contributed by atoms with van der Waals surface area (Å²) in [4.78, 5) is 19.8. The normalized spacial score (nSPS) is 15.9. The summed E-state index contributed by atoms with van der Waals surface area (Å²) in [6.45, 7) is 3.76. The standard InChI is InChI=1S/C28H25F2N5/c1-17-26(19-4-8-23(30)9-5-19)34-27(33-17)20-10-12-35(13-11-20)28-24-14-21(15-25(24)31-16-32-28)18-2-6-22(29)7-3-18/h2-9,14,16,20H,10-13,15H2,1H3,(H,33,34). The van der Waals surface area contributed by atoms with E-state index in [1.54, 1.807) is 18.5 Å². The molecule has 0 saturated carbocycles. The molecule has 0 spiro atoms. The van der Waals surface area contributed by atoms with Gasteiger partial charge in [-0.1, -0.05) is 12.1 Å². The highest BCUT2D eigenvalue weighted by atomic mass is 19.1. The van der Waals surface area contributed by atoms with Crippen LogP contribution in [0.25, 0.3) is 22.9 Å². The number of nitrogens with zero attached hydrogens (tertiary/aromatic N) is 4. The Bertz CT molecular complexity index is 1400. The first-order valence-corrected chi connectivity index (χ1v) is 11.9. The van der Waals surface area contributed by atoms with E-state index in [0.717, 1.165) is 83.3 Å². The summed E-state index contributed by atoms with van der Waals surface area (Å²) in [5.74, 6) is 1.82. The van der Waals surface area contributed by atoms with E-state index in [-0.39, 0.29) is 11.6 Å². The largest absolute Gasteiger partial charge is 0.356 e. The van der Waals surface area contributed by atoms with Crippen LogP contribution in [-0.2, 0) is 6.42 Å². The van der Waals surface area contributed by atoms with E-state index in [1.165, 1.54) is 24.3 Å². The fourth-order valence-corrected chi connectivity index (χ4v) is 5.15. The number of piperidine rings is 1. The van der Waals surface area contributed by atoms with E-state index in [4.69, 9.17) is 4.98 Å². The van der Waals surface area contributed by atoms with Crippen molar-refractivity contribution in [2.45, 2.75) is 32.1 Å². The van der Waals surface area contributed by atoms with Gasteiger partial charge < -0.3 is 9.88 Å². The third-order valence-corrected chi connectivity index (χ3v) is 7.04. The van der Waals surface area contributed by atoms with Crippen LogP contribution in [0.1, 0.15) is 47.1 Å². The van der Waals surface area contributed by atoms with Crippen molar-refractivity contribution in [3.8, 4) is 11.3 Å². The van der Waals surface area contributed by atoms with Crippen molar-refractivity contribution in [3.63, 3.8) is 0 Å². The third-order valence-electron chi connectivity index (χ3n) is 7.04. The molecule has 2 aromatic heterocycles. The fraction of sp³-hybridized carbons (Fsp3) is 0.250. The minimum absolute atomic E-state index is 0.232. The molecule has 2 aliphatic rings. The van der Waals surface area contributed by atoms with Crippen LogP contribution >= 0.6 is 0 Å². The number of rotatable bonds is 4. The molecule has 6 rings (SSSR count). The van der Waals surface area contributed by atoms with Crippen molar-refractivity contribution in [1.82, 2.24) is 19.9 Å². The summed E-state index contributed by atoms with van der Waals surface area (Å²) in [6.07, 6.45) is 6.44. The molecule has 1 saturated heterocycles. The number of nitrogens with one attached hydrogen (secondary N) is 1. The minimum atomic E-state index is -0.245. The maximum Gasteiger partial charge on any atom is 0.139 e. The second-order valence-corrected chi connectivity index (χ2v) is 9.27. The molecule has 7 heteroatoms. The maximum atomic E-state index is 13.4. The number of aromatic nitrogens is 4. The predicted octanol–water partition coefficient (Wildman–Crippen LogP) is 5.93. The SMILES string of the molecule is Cc1[nH]c(C2CCN(c3ncnc4c3C=C(c3ccc(F)cc3)C4)CC2)nc1-c1ccc(F)cc1. The topological polar surface area (TPSA) is 57.7 Å². The fourth-order valence-electron chi connectivity index (χ4n) is 5.15. The zero-order valence-corrected chi connectivity index (χ0v) is 19.4. The Morgan fingerprint density at radius 2 is 1.54 bits per heavy atom. The van der Waals surface area contributed by atoms with Crippen molar-refractivity contribution in [2.24, 2.45) is 0 Å². The Hall–Kier alpha value is -3.87. The summed E-state index contributed by atoms with van der Waals surface area (Å²) >= 11 is 0. The predicted molar refractivity (Wildman–Crippen MR) is 133 cm³/mol. The Morgan fingerprint density at radius 3 is 2.23 bits per heavy atom. The summed E-state index contributed by atoms with van der Waals surface area (Å²) in [5.41, 5.74) is 7.04. The van der Waals surface area contributed by atoms with Gasteiger partial charge in [-0.15, -0.1) is 0 Å². The molecule has 2 aromatic carbocycles. The number of hydrogen-bond acceptors (Lipinski definition) is 4. The van der Waals surface area contributed by atoms with Gasteiger partial charge in [0.05, 0.1) is 11.4 Å². The van der Waals surface area contributed by atoms with Gasteiger partial charge in [0.25, 0.3) is 0 Å². The number of halogens is 2. The molecule has 3 heterocycles. The Labute approximate surface area is 202 Å². The molecule has 35 heavy (non-hydrogen) atoms. The summed E-state index contributed by atoms with van der Waals surface area (Å²) < 4.78 is 26.7. The molecule has 5 nitrogen and oxygen atoms in total. The number of H-pyrrole nitrogens is 1. The lowest BCUT2D eigenvalue weighted by molar-refractivity contribution is 0.486. The average Bonchev–Trinajstić information content (AvgIpc) is 3.49. The highest BCUT2D eigenvalue weighted by Gasteiger charge is 2.28. The zero-order valence-electron chi connectivity index (χ0n) is 19.4. The van der Waals surface area contributed by atoms with Gasteiger partial charge in [-0.05, 0) is 73.4 Å². The second kappa shape index (κ2) is 8.73. The lowest BCUT2D eigenvalue weighted by Gasteiger charge is -2.32. The lowest BCUT2D eigenvalue weighted by atomic mass is 9.96. The summed E-state index contributed by atoms with van der Waals surface area (Å²) in [5, 5.41) is 0. The first-order valence-electron chi connectivity index (χ1n) is 11.9.